The summed E-state index contributed by atoms with van der Waals surface area (Å²) in [5.74, 6) is 3.97. The molecule has 0 aromatic rings. The molecule has 0 saturated heterocycles. The van der Waals surface area contributed by atoms with Gasteiger partial charge < -0.3 is 0 Å². The van der Waals surface area contributed by atoms with Crippen LogP contribution in [0.15, 0.2) is 81.6 Å². The predicted octanol–water partition coefficient (Wildman–Crippen LogP) is 16.2. The molecule has 18 heteroatoms. The smallest absolute Gasteiger partial charge is 0.0717 e. The van der Waals surface area contributed by atoms with Crippen molar-refractivity contribution in [3.63, 3.8) is 0 Å². The van der Waals surface area contributed by atoms with E-state index in [9.17, 15) is 10.5 Å². The third-order valence-corrected chi connectivity index (χ3v) is 30.1. The van der Waals surface area contributed by atoms with E-state index in [1.807, 2.05) is 188 Å². The summed E-state index contributed by atoms with van der Waals surface area (Å²) in [7, 11) is 0. The quantitative estimate of drug-likeness (QED) is 0.217. The standard InChI is InChI=1S/C30H24N2S16/c1-13-14(2)38-25(37-13)28-43-19(21(45-28)33-9-5-7-31)17-18(42-27(41-17)30-47-23-24(48-30)36-12-11-35-23)20-22(34-10-6-8-32)46-29(44-20)26-39-15(3)16(4)40-26/h5-6,9-12H2,1-4H3. The van der Waals surface area contributed by atoms with Crippen LogP contribution in [0.2, 0.25) is 0 Å². The number of thioether (sulfide) groups is 16. The third-order valence-electron chi connectivity index (χ3n) is 6.60. The Kier molecular flexibility index (Phi) is 14.3. The lowest BCUT2D eigenvalue weighted by Crippen LogP contribution is -1.88. The molecular weight excluding hydrogens is 901 g/mol. The van der Waals surface area contributed by atoms with Crippen LogP contribution < -0.4 is 0 Å². The molecule has 0 aliphatic carbocycles. The molecule has 7 aliphatic heterocycles. The van der Waals surface area contributed by atoms with Crippen molar-refractivity contribution in [3.8, 4) is 12.1 Å². The first-order valence-electron chi connectivity index (χ1n) is 14.3. The van der Waals surface area contributed by atoms with Crippen molar-refractivity contribution < 1.29 is 0 Å². The van der Waals surface area contributed by atoms with Crippen LogP contribution in [-0.2, 0) is 0 Å². The maximum Gasteiger partial charge on any atom is 0.0717 e. The van der Waals surface area contributed by atoms with Crippen LogP contribution in [0.25, 0.3) is 0 Å². The molecule has 0 amide bonds. The minimum atomic E-state index is 0.543. The fraction of sp³-hybridized carbons (Fsp3) is 0.333. The molecule has 2 nitrogen and oxygen atoms in total. The summed E-state index contributed by atoms with van der Waals surface area (Å²) in [6.45, 7) is 8.90. The van der Waals surface area contributed by atoms with Gasteiger partial charge in [0.05, 0.1) is 54.5 Å². The van der Waals surface area contributed by atoms with E-state index in [4.69, 9.17) is 0 Å². The molecule has 0 atom stereocenters. The molecule has 0 unspecified atom stereocenters. The van der Waals surface area contributed by atoms with E-state index in [0.29, 0.717) is 12.8 Å². The Hall–Kier alpha value is 2.24. The molecule has 0 spiro atoms. The highest BCUT2D eigenvalue weighted by molar-refractivity contribution is 8.44. The molecule has 48 heavy (non-hydrogen) atoms. The Labute approximate surface area is 351 Å². The van der Waals surface area contributed by atoms with Crippen LogP contribution in [0.1, 0.15) is 40.5 Å². The first-order valence-corrected chi connectivity index (χ1v) is 28.0. The Balaban J connectivity index is 1.30. The average Bonchev–Trinajstić information content (AvgIpc) is 3.92. The zero-order chi connectivity index (χ0) is 33.4. The van der Waals surface area contributed by atoms with Crippen molar-refractivity contribution in [2.75, 3.05) is 23.0 Å². The second-order valence-corrected chi connectivity index (χ2v) is 29.9. The fourth-order valence-corrected chi connectivity index (χ4v) is 27.6. The lowest BCUT2D eigenvalue weighted by Gasteiger charge is -2.10. The molecule has 0 fully saturated rings. The summed E-state index contributed by atoms with van der Waals surface area (Å²) >= 11 is 30.9. The number of nitriles is 2. The van der Waals surface area contributed by atoms with Gasteiger partial charge in [0.15, 0.2) is 0 Å². The number of allylic oxidation sites excluding steroid dienone is 4. The third kappa shape index (κ3) is 8.70. The molecule has 0 aromatic heterocycles. The summed E-state index contributed by atoms with van der Waals surface area (Å²) in [5.41, 5.74) is 0. The second-order valence-electron chi connectivity index (χ2n) is 9.85. The van der Waals surface area contributed by atoms with Gasteiger partial charge in [0.25, 0.3) is 0 Å². The van der Waals surface area contributed by atoms with Gasteiger partial charge in [-0.3, -0.25) is 0 Å². The van der Waals surface area contributed by atoms with E-state index in [2.05, 4.69) is 39.8 Å². The highest BCUT2D eigenvalue weighted by Gasteiger charge is 2.40. The van der Waals surface area contributed by atoms with Gasteiger partial charge in [0.1, 0.15) is 0 Å². The van der Waals surface area contributed by atoms with Crippen molar-refractivity contribution in [1.82, 2.24) is 0 Å². The summed E-state index contributed by atoms with van der Waals surface area (Å²) in [6.07, 6.45) is 1.09. The molecule has 0 N–H and O–H groups in total. The van der Waals surface area contributed by atoms with Gasteiger partial charge in [-0.05, 0) is 47.3 Å². The van der Waals surface area contributed by atoms with E-state index >= 15 is 0 Å². The first kappa shape index (κ1) is 38.5. The molecule has 250 valence electrons. The molecular formula is C30H24N2S16. The van der Waals surface area contributed by atoms with E-state index in [1.54, 1.807) is 0 Å². The van der Waals surface area contributed by atoms with Gasteiger partial charge >= 0.3 is 0 Å². The second kappa shape index (κ2) is 17.8. The number of hydrogen-bond acceptors (Lipinski definition) is 18. The van der Waals surface area contributed by atoms with Crippen LogP contribution >= 0.6 is 188 Å². The molecule has 7 aliphatic rings. The monoisotopic (exact) mass is 924 g/mol. The molecule has 0 bridgehead atoms. The Morgan fingerprint density at radius 3 is 1.17 bits per heavy atom. The lowest BCUT2D eigenvalue weighted by molar-refractivity contribution is 1.24. The van der Waals surface area contributed by atoms with Gasteiger partial charge in [0.2, 0.25) is 0 Å². The zero-order valence-corrected chi connectivity index (χ0v) is 38.7. The molecule has 0 saturated carbocycles. The highest BCUT2D eigenvalue weighted by Crippen LogP contribution is 2.73. The summed E-state index contributed by atoms with van der Waals surface area (Å²) in [4.78, 5) is 11.0. The fourth-order valence-electron chi connectivity index (χ4n) is 4.12. The van der Waals surface area contributed by atoms with Crippen LogP contribution in [-0.4, -0.2) is 23.0 Å². The number of rotatable bonds is 8. The largest absolute Gasteiger partial charge is 0.198 e. The number of hydrogen-bond donors (Lipinski definition) is 0. The predicted molar refractivity (Wildman–Crippen MR) is 247 cm³/mol. The summed E-state index contributed by atoms with van der Waals surface area (Å²) in [6, 6.07) is 4.73. The Morgan fingerprint density at radius 1 is 0.438 bits per heavy atom. The Morgan fingerprint density at radius 2 is 0.771 bits per heavy atom. The van der Waals surface area contributed by atoms with Gasteiger partial charge in [0, 0.05) is 55.5 Å². The lowest BCUT2D eigenvalue weighted by atomic mass is 10.4. The van der Waals surface area contributed by atoms with Crippen LogP contribution in [0, 0.1) is 22.7 Å². The van der Waals surface area contributed by atoms with Crippen LogP contribution in [0.5, 0.6) is 0 Å². The van der Waals surface area contributed by atoms with Gasteiger partial charge in [-0.15, -0.1) is 47.0 Å². The van der Waals surface area contributed by atoms with Crippen molar-refractivity contribution in [2.24, 2.45) is 0 Å². The van der Waals surface area contributed by atoms with Crippen molar-refractivity contribution in [3.05, 3.63) is 81.6 Å². The van der Waals surface area contributed by atoms with E-state index in [1.165, 1.54) is 93.1 Å². The van der Waals surface area contributed by atoms with Gasteiger partial charge in [-0.2, -0.15) is 10.5 Å². The molecule has 0 aromatic carbocycles. The van der Waals surface area contributed by atoms with Crippen molar-refractivity contribution >= 4 is 188 Å². The topological polar surface area (TPSA) is 47.6 Å². The molecule has 7 rings (SSSR count). The normalized spacial score (nSPS) is 23.5. The van der Waals surface area contributed by atoms with E-state index in [0.717, 1.165) is 11.5 Å². The maximum absolute atomic E-state index is 9.40. The molecule has 7 heterocycles. The van der Waals surface area contributed by atoms with Crippen molar-refractivity contribution in [1.29, 1.82) is 10.5 Å². The van der Waals surface area contributed by atoms with E-state index < -0.39 is 0 Å². The Bertz CT molecular complexity index is 1680. The average molecular weight is 926 g/mol. The first-order chi connectivity index (χ1) is 23.3. The van der Waals surface area contributed by atoms with Gasteiger partial charge in [-0.1, -0.05) is 141 Å². The SMILES string of the molecule is CC1=C(C)SC(=C2SC(SCCC#N)=C(C3=C(C4=C(SCCC#N)SC(=C5SC(C)=C(C)S5)S4)SC(=C4SC5=C(SCCS5)S4)S3)S2)S1. The summed E-state index contributed by atoms with van der Waals surface area (Å²) < 4.78 is 13.9. The summed E-state index contributed by atoms with van der Waals surface area (Å²) in [5, 5.41) is 18.8. The minimum Gasteiger partial charge on any atom is -0.198 e. The highest BCUT2D eigenvalue weighted by atomic mass is 32.3. The maximum atomic E-state index is 9.40. The zero-order valence-electron chi connectivity index (χ0n) is 25.7. The number of nitrogens with zero attached hydrogens (tertiary/aromatic N) is 2. The van der Waals surface area contributed by atoms with Crippen molar-refractivity contribution in [2.45, 2.75) is 40.5 Å². The minimum absolute atomic E-state index is 0.543. The van der Waals surface area contributed by atoms with Gasteiger partial charge in [-0.25, -0.2) is 0 Å². The van der Waals surface area contributed by atoms with E-state index in [-0.39, 0.29) is 0 Å². The van der Waals surface area contributed by atoms with Crippen LogP contribution in [0.3, 0.4) is 0 Å². The van der Waals surface area contributed by atoms with Crippen LogP contribution in [0.4, 0.5) is 0 Å². The molecule has 0 radical (unpaired) electrons.